The first-order valence-electron chi connectivity index (χ1n) is 5.23. The number of rotatable bonds is 2. The van der Waals surface area contributed by atoms with Crippen molar-refractivity contribution in [2.75, 3.05) is 6.54 Å². The lowest BCUT2D eigenvalue weighted by atomic mass is 10.0. The number of aromatic nitrogens is 2. The topological polar surface area (TPSA) is 86.3 Å². The summed E-state index contributed by atoms with van der Waals surface area (Å²) in [5, 5.41) is 15.3. The molecule has 1 aromatic heterocycles. The van der Waals surface area contributed by atoms with Gasteiger partial charge in [0.05, 0.1) is 0 Å². The minimum absolute atomic E-state index is 0.287. The van der Waals surface area contributed by atoms with Crippen LogP contribution in [0.1, 0.15) is 29.8 Å². The second-order valence-electron chi connectivity index (χ2n) is 3.82. The quantitative estimate of drug-likeness (QED) is 0.763. The number of carbonyl (C=O) groups excluding carboxylic acids is 1. The number of carboxylic acid groups (broad SMARTS) is 1. The molecular weight excluding hydrogens is 210 g/mol. The smallest absolute Gasteiger partial charge is 0.326 e. The molecule has 2 rings (SSSR count). The summed E-state index contributed by atoms with van der Waals surface area (Å²) in [6.07, 6.45) is 3.70. The highest BCUT2D eigenvalue weighted by Crippen LogP contribution is 2.19. The van der Waals surface area contributed by atoms with Gasteiger partial charge in [-0.3, -0.25) is 9.89 Å². The van der Waals surface area contributed by atoms with Gasteiger partial charge in [-0.1, -0.05) is 0 Å². The minimum Gasteiger partial charge on any atom is -0.480 e. The molecule has 1 aliphatic heterocycles. The van der Waals surface area contributed by atoms with Gasteiger partial charge in [0, 0.05) is 12.7 Å². The average molecular weight is 223 g/mol. The molecule has 0 aliphatic carbocycles. The lowest BCUT2D eigenvalue weighted by Gasteiger charge is -2.32. The van der Waals surface area contributed by atoms with Crippen molar-refractivity contribution in [3.8, 4) is 0 Å². The first kappa shape index (κ1) is 10.7. The van der Waals surface area contributed by atoms with Crippen LogP contribution in [-0.4, -0.2) is 44.7 Å². The SMILES string of the molecule is O=C(O)[C@H]1CCCCN1C(=O)c1ccn[nH]1. The molecule has 0 unspecified atom stereocenters. The fraction of sp³-hybridized carbons (Fsp3) is 0.500. The zero-order chi connectivity index (χ0) is 11.5. The summed E-state index contributed by atoms with van der Waals surface area (Å²) in [5.74, 6) is -1.22. The van der Waals surface area contributed by atoms with Crippen molar-refractivity contribution in [1.82, 2.24) is 15.1 Å². The van der Waals surface area contributed by atoms with Crippen LogP contribution in [-0.2, 0) is 4.79 Å². The van der Waals surface area contributed by atoms with E-state index < -0.39 is 12.0 Å². The first-order chi connectivity index (χ1) is 7.70. The van der Waals surface area contributed by atoms with Gasteiger partial charge in [-0.05, 0) is 25.3 Å². The van der Waals surface area contributed by atoms with E-state index in [9.17, 15) is 9.59 Å². The molecule has 6 heteroatoms. The van der Waals surface area contributed by atoms with Gasteiger partial charge in [-0.15, -0.1) is 0 Å². The molecule has 6 nitrogen and oxygen atoms in total. The standard InChI is InChI=1S/C10H13N3O3/c14-9(7-4-5-11-12-7)13-6-2-1-3-8(13)10(15)16/h4-5,8H,1-3,6H2,(H,11,12)(H,15,16)/t8-/m1/s1. The Morgan fingerprint density at radius 1 is 1.50 bits per heavy atom. The van der Waals surface area contributed by atoms with Gasteiger partial charge in [-0.2, -0.15) is 5.10 Å². The van der Waals surface area contributed by atoms with E-state index >= 15 is 0 Å². The maximum absolute atomic E-state index is 12.0. The van der Waals surface area contributed by atoms with Crippen LogP contribution in [0.2, 0.25) is 0 Å². The lowest BCUT2D eigenvalue weighted by molar-refractivity contribution is -0.143. The van der Waals surface area contributed by atoms with E-state index in [-0.39, 0.29) is 5.91 Å². The van der Waals surface area contributed by atoms with Crippen LogP contribution in [0.3, 0.4) is 0 Å². The maximum Gasteiger partial charge on any atom is 0.326 e. The number of hydrogen-bond acceptors (Lipinski definition) is 3. The molecule has 2 N–H and O–H groups in total. The molecule has 0 aromatic carbocycles. The lowest BCUT2D eigenvalue weighted by Crippen LogP contribution is -2.48. The third kappa shape index (κ3) is 1.91. The zero-order valence-electron chi connectivity index (χ0n) is 8.72. The number of hydrogen-bond donors (Lipinski definition) is 2. The van der Waals surface area contributed by atoms with Gasteiger partial charge < -0.3 is 10.0 Å². The Morgan fingerprint density at radius 3 is 2.94 bits per heavy atom. The molecule has 16 heavy (non-hydrogen) atoms. The minimum atomic E-state index is -0.937. The summed E-state index contributed by atoms with van der Waals surface area (Å²) in [6, 6.07) is 0.847. The second kappa shape index (κ2) is 4.34. The van der Waals surface area contributed by atoms with Crippen molar-refractivity contribution in [2.45, 2.75) is 25.3 Å². The number of H-pyrrole nitrogens is 1. The highest BCUT2D eigenvalue weighted by Gasteiger charge is 2.32. The number of piperidine rings is 1. The van der Waals surface area contributed by atoms with Gasteiger partial charge in [0.15, 0.2) is 0 Å². The third-order valence-corrected chi connectivity index (χ3v) is 2.78. The van der Waals surface area contributed by atoms with E-state index in [1.165, 1.54) is 11.1 Å². The van der Waals surface area contributed by atoms with Crippen LogP contribution in [0.5, 0.6) is 0 Å². The summed E-state index contributed by atoms with van der Waals surface area (Å²) in [6.45, 7) is 0.495. The molecule has 0 spiro atoms. The molecular formula is C10H13N3O3. The normalized spacial score (nSPS) is 20.8. The Morgan fingerprint density at radius 2 is 2.31 bits per heavy atom. The van der Waals surface area contributed by atoms with Crippen LogP contribution in [0.15, 0.2) is 12.3 Å². The monoisotopic (exact) mass is 223 g/mol. The summed E-state index contributed by atoms with van der Waals surface area (Å²) < 4.78 is 0. The summed E-state index contributed by atoms with van der Waals surface area (Å²) in [4.78, 5) is 24.4. The third-order valence-electron chi connectivity index (χ3n) is 2.78. The van der Waals surface area contributed by atoms with Crippen molar-refractivity contribution in [1.29, 1.82) is 0 Å². The highest BCUT2D eigenvalue weighted by molar-refractivity contribution is 5.95. The number of carboxylic acids is 1. The highest BCUT2D eigenvalue weighted by atomic mass is 16.4. The van der Waals surface area contributed by atoms with Gasteiger partial charge in [0.25, 0.3) is 5.91 Å². The van der Waals surface area contributed by atoms with E-state index in [1.807, 2.05) is 0 Å². The maximum atomic E-state index is 12.0. The van der Waals surface area contributed by atoms with Crippen LogP contribution in [0.25, 0.3) is 0 Å². The largest absolute Gasteiger partial charge is 0.480 e. The number of aliphatic carboxylic acids is 1. The Hall–Kier alpha value is -1.85. The number of nitrogens with zero attached hydrogens (tertiary/aromatic N) is 2. The number of aromatic amines is 1. The molecule has 1 fully saturated rings. The molecule has 1 saturated heterocycles. The van der Waals surface area contributed by atoms with Crippen LogP contribution in [0.4, 0.5) is 0 Å². The molecule has 1 aromatic rings. The molecule has 0 saturated carbocycles. The van der Waals surface area contributed by atoms with Crippen molar-refractivity contribution in [2.24, 2.45) is 0 Å². The zero-order valence-corrected chi connectivity index (χ0v) is 8.72. The van der Waals surface area contributed by atoms with E-state index in [4.69, 9.17) is 5.11 Å². The van der Waals surface area contributed by atoms with Crippen molar-refractivity contribution < 1.29 is 14.7 Å². The molecule has 1 atom stereocenters. The van der Waals surface area contributed by atoms with Crippen molar-refractivity contribution in [3.05, 3.63) is 18.0 Å². The van der Waals surface area contributed by atoms with Crippen molar-refractivity contribution >= 4 is 11.9 Å². The van der Waals surface area contributed by atoms with Gasteiger partial charge in [0.2, 0.25) is 0 Å². The fourth-order valence-electron chi connectivity index (χ4n) is 1.96. The Labute approximate surface area is 92.3 Å². The molecule has 0 bridgehead atoms. The second-order valence-corrected chi connectivity index (χ2v) is 3.82. The van der Waals surface area contributed by atoms with Gasteiger partial charge in [-0.25, -0.2) is 4.79 Å². The number of nitrogens with one attached hydrogen (secondary N) is 1. The molecule has 0 radical (unpaired) electrons. The van der Waals surface area contributed by atoms with Crippen LogP contribution >= 0.6 is 0 Å². The van der Waals surface area contributed by atoms with Crippen LogP contribution < -0.4 is 0 Å². The first-order valence-corrected chi connectivity index (χ1v) is 5.23. The predicted molar refractivity (Wildman–Crippen MR) is 54.9 cm³/mol. The summed E-state index contributed by atoms with van der Waals surface area (Å²) in [5.41, 5.74) is 0.341. The average Bonchev–Trinajstić information content (AvgIpc) is 2.81. The Balaban J connectivity index is 2.17. The Kier molecular flexibility index (Phi) is 2.89. The molecule has 1 aliphatic rings. The molecule has 1 amide bonds. The molecule has 2 heterocycles. The van der Waals surface area contributed by atoms with Gasteiger partial charge >= 0.3 is 5.97 Å². The van der Waals surface area contributed by atoms with Crippen molar-refractivity contribution in [3.63, 3.8) is 0 Å². The molecule has 86 valence electrons. The number of amides is 1. The van der Waals surface area contributed by atoms with Crippen LogP contribution in [0, 0.1) is 0 Å². The number of carbonyl (C=O) groups is 2. The van der Waals surface area contributed by atoms with E-state index in [0.717, 1.165) is 12.8 Å². The fourth-order valence-corrected chi connectivity index (χ4v) is 1.96. The number of likely N-dealkylation sites (tertiary alicyclic amines) is 1. The van der Waals surface area contributed by atoms with E-state index in [1.54, 1.807) is 6.07 Å². The summed E-state index contributed by atoms with van der Waals surface area (Å²) in [7, 11) is 0. The Bertz CT molecular complexity index is 388. The van der Waals surface area contributed by atoms with E-state index in [2.05, 4.69) is 10.2 Å². The van der Waals surface area contributed by atoms with Gasteiger partial charge in [0.1, 0.15) is 11.7 Å². The predicted octanol–water partition coefficient (Wildman–Crippen LogP) is 0.489. The summed E-state index contributed by atoms with van der Waals surface area (Å²) >= 11 is 0. The van der Waals surface area contributed by atoms with E-state index in [0.29, 0.717) is 18.7 Å².